The van der Waals surface area contributed by atoms with E-state index >= 15 is 0 Å². The molecule has 0 spiro atoms. The zero-order valence-corrected chi connectivity index (χ0v) is 22.9. The number of piperidine rings is 1. The number of carbonyl (C=O) groups excluding carboxylic acids is 1. The Balaban J connectivity index is 1.60. The number of sulfonamides is 1. The van der Waals surface area contributed by atoms with E-state index in [0.29, 0.717) is 19.5 Å². The predicted molar refractivity (Wildman–Crippen MR) is 150 cm³/mol. The summed E-state index contributed by atoms with van der Waals surface area (Å²) in [6, 6.07) is 12.6. The molecule has 200 valence electrons. The maximum absolute atomic E-state index is 12.8. The Morgan fingerprint density at radius 1 is 1.16 bits per heavy atom. The SMILES string of the molecule is CNCc1cccc(-c2cc(CC(N)=O)c3[nH]cc(C4CCN(S(=O)(=O)CCCN(C)C)CC4)c3c2)c1. The summed E-state index contributed by atoms with van der Waals surface area (Å²) in [5.41, 5.74) is 11.9. The second-order valence-electron chi connectivity index (χ2n) is 10.3. The molecule has 4 N–H and O–H groups in total. The van der Waals surface area contributed by atoms with Gasteiger partial charge in [-0.1, -0.05) is 18.2 Å². The summed E-state index contributed by atoms with van der Waals surface area (Å²) in [5.74, 6) is 0.0654. The molecule has 1 aliphatic rings. The molecular weight excluding hydrogens is 486 g/mol. The highest BCUT2D eigenvalue weighted by Crippen LogP contribution is 2.37. The van der Waals surface area contributed by atoms with Gasteiger partial charge in [-0.15, -0.1) is 0 Å². The van der Waals surface area contributed by atoms with Crippen molar-refractivity contribution in [2.45, 2.75) is 38.1 Å². The minimum Gasteiger partial charge on any atom is -0.369 e. The molecule has 0 saturated carbocycles. The average molecular weight is 526 g/mol. The van der Waals surface area contributed by atoms with Gasteiger partial charge in [0.15, 0.2) is 0 Å². The van der Waals surface area contributed by atoms with Gasteiger partial charge >= 0.3 is 0 Å². The minimum absolute atomic E-state index is 0.157. The van der Waals surface area contributed by atoms with Crippen LogP contribution in [0.3, 0.4) is 0 Å². The lowest BCUT2D eigenvalue weighted by Gasteiger charge is -2.31. The maximum atomic E-state index is 12.8. The van der Waals surface area contributed by atoms with Crippen molar-refractivity contribution in [3.05, 3.63) is 59.3 Å². The van der Waals surface area contributed by atoms with E-state index in [2.05, 4.69) is 40.6 Å². The minimum atomic E-state index is -3.24. The second-order valence-corrected chi connectivity index (χ2v) is 12.4. The number of amides is 1. The van der Waals surface area contributed by atoms with Crippen molar-refractivity contribution in [3.8, 4) is 11.1 Å². The number of rotatable bonds is 11. The van der Waals surface area contributed by atoms with Crippen LogP contribution in [0.15, 0.2) is 42.6 Å². The molecule has 2 aromatic carbocycles. The van der Waals surface area contributed by atoms with Gasteiger partial charge in [0.2, 0.25) is 15.9 Å². The molecule has 4 rings (SSSR count). The summed E-state index contributed by atoms with van der Waals surface area (Å²) in [6.07, 6.45) is 4.37. The number of fused-ring (bicyclic) bond motifs is 1. The third-order valence-electron chi connectivity index (χ3n) is 7.20. The number of nitrogens with two attached hydrogens (primary N) is 1. The molecule has 1 fully saturated rings. The lowest BCUT2D eigenvalue weighted by atomic mass is 9.88. The third-order valence-corrected chi connectivity index (χ3v) is 9.16. The van der Waals surface area contributed by atoms with Crippen molar-refractivity contribution >= 4 is 26.8 Å². The number of primary amides is 1. The third kappa shape index (κ3) is 6.59. The Bertz CT molecular complexity index is 1340. The number of aromatic amines is 1. The summed E-state index contributed by atoms with van der Waals surface area (Å²) in [5, 5.41) is 4.28. The van der Waals surface area contributed by atoms with Gasteiger partial charge in [0.1, 0.15) is 0 Å². The molecule has 0 atom stereocenters. The van der Waals surface area contributed by atoms with Gasteiger partial charge in [0.05, 0.1) is 12.2 Å². The van der Waals surface area contributed by atoms with Crippen LogP contribution in [0, 0.1) is 0 Å². The van der Waals surface area contributed by atoms with Crippen LogP contribution < -0.4 is 11.1 Å². The molecule has 2 heterocycles. The molecule has 1 amide bonds. The lowest BCUT2D eigenvalue weighted by molar-refractivity contribution is -0.117. The molecule has 37 heavy (non-hydrogen) atoms. The lowest BCUT2D eigenvalue weighted by Crippen LogP contribution is -2.39. The number of benzene rings is 2. The van der Waals surface area contributed by atoms with E-state index in [9.17, 15) is 13.2 Å². The Morgan fingerprint density at radius 2 is 1.92 bits per heavy atom. The van der Waals surface area contributed by atoms with E-state index in [0.717, 1.165) is 53.5 Å². The smallest absolute Gasteiger partial charge is 0.221 e. The van der Waals surface area contributed by atoms with Gasteiger partial charge in [-0.25, -0.2) is 12.7 Å². The van der Waals surface area contributed by atoms with Crippen molar-refractivity contribution in [2.24, 2.45) is 5.73 Å². The summed E-state index contributed by atoms with van der Waals surface area (Å²) >= 11 is 0. The molecule has 8 nitrogen and oxygen atoms in total. The fraction of sp³-hybridized carbons (Fsp3) is 0.464. The van der Waals surface area contributed by atoms with E-state index in [4.69, 9.17) is 5.73 Å². The number of hydrogen-bond acceptors (Lipinski definition) is 5. The molecule has 0 radical (unpaired) electrons. The summed E-state index contributed by atoms with van der Waals surface area (Å²) in [4.78, 5) is 17.3. The fourth-order valence-electron chi connectivity index (χ4n) is 5.36. The average Bonchev–Trinajstić information content (AvgIpc) is 3.28. The van der Waals surface area contributed by atoms with Crippen LogP contribution in [0.2, 0.25) is 0 Å². The molecule has 0 aliphatic carbocycles. The predicted octanol–water partition coefficient (Wildman–Crippen LogP) is 3.04. The van der Waals surface area contributed by atoms with Gasteiger partial charge in [-0.05, 0) is 98.9 Å². The van der Waals surface area contributed by atoms with Crippen molar-refractivity contribution in [3.63, 3.8) is 0 Å². The number of carbonyl (C=O) groups is 1. The highest BCUT2D eigenvalue weighted by molar-refractivity contribution is 7.89. The number of hydrogen-bond donors (Lipinski definition) is 3. The zero-order valence-electron chi connectivity index (χ0n) is 22.1. The Hall–Kier alpha value is -2.72. The Morgan fingerprint density at radius 3 is 2.59 bits per heavy atom. The van der Waals surface area contributed by atoms with Crippen molar-refractivity contribution in [1.29, 1.82) is 0 Å². The van der Waals surface area contributed by atoms with Gasteiger partial charge in [0.25, 0.3) is 0 Å². The summed E-state index contributed by atoms with van der Waals surface area (Å²) in [6.45, 7) is 2.60. The molecule has 3 aromatic rings. The Labute approximate surface area is 220 Å². The van der Waals surface area contributed by atoms with Crippen LogP contribution in [0.5, 0.6) is 0 Å². The van der Waals surface area contributed by atoms with Crippen molar-refractivity contribution in [2.75, 3.05) is 46.5 Å². The molecule has 1 aromatic heterocycles. The highest BCUT2D eigenvalue weighted by Gasteiger charge is 2.29. The van der Waals surface area contributed by atoms with Gasteiger partial charge < -0.3 is 20.9 Å². The van der Waals surface area contributed by atoms with Crippen LogP contribution in [0.1, 0.15) is 41.9 Å². The van der Waals surface area contributed by atoms with E-state index in [1.54, 1.807) is 4.31 Å². The van der Waals surface area contributed by atoms with Crippen LogP contribution in [-0.2, 0) is 27.8 Å². The number of nitrogens with zero attached hydrogens (tertiary/aromatic N) is 2. The van der Waals surface area contributed by atoms with Crippen molar-refractivity contribution < 1.29 is 13.2 Å². The first-order valence-corrected chi connectivity index (χ1v) is 14.6. The fourth-order valence-corrected chi connectivity index (χ4v) is 6.88. The number of H-pyrrole nitrogens is 1. The topological polar surface area (TPSA) is 112 Å². The molecule has 1 saturated heterocycles. The number of nitrogens with one attached hydrogen (secondary N) is 2. The monoisotopic (exact) mass is 525 g/mol. The van der Waals surface area contributed by atoms with Crippen LogP contribution in [-0.4, -0.2) is 75.0 Å². The van der Waals surface area contributed by atoms with E-state index in [1.807, 2.05) is 38.3 Å². The standard InChI is InChI=1S/C28H39N5O3S/c1-30-18-20-6-4-7-22(14-20)23-15-24(17-27(29)34)28-25(16-23)26(19-31-28)21-8-11-33(12-9-21)37(35,36)13-5-10-32(2)3/h4,6-7,14-16,19,21,30-31H,5,8-13,17-18H2,1-3H3,(H2,29,34). The Kier molecular flexibility index (Phi) is 8.69. The first kappa shape index (κ1) is 27.3. The van der Waals surface area contributed by atoms with E-state index < -0.39 is 10.0 Å². The molecule has 0 unspecified atom stereocenters. The largest absolute Gasteiger partial charge is 0.369 e. The molecule has 9 heteroatoms. The first-order chi connectivity index (χ1) is 17.7. The van der Waals surface area contributed by atoms with Gasteiger partial charge in [0, 0.05) is 36.7 Å². The zero-order chi connectivity index (χ0) is 26.6. The number of aromatic nitrogens is 1. The second kappa shape index (κ2) is 11.8. The summed E-state index contributed by atoms with van der Waals surface area (Å²) in [7, 11) is 2.60. The molecule has 0 bridgehead atoms. The van der Waals surface area contributed by atoms with Gasteiger partial charge in [-0.3, -0.25) is 4.79 Å². The highest BCUT2D eigenvalue weighted by atomic mass is 32.2. The van der Waals surface area contributed by atoms with E-state index in [-0.39, 0.29) is 24.0 Å². The van der Waals surface area contributed by atoms with Crippen LogP contribution in [0.4, 0.5) is 0 Å². The summed E-state index contributed by atoms with van der Waals surface area (Å²) < 4.78 is 27.4. The maximum Gasteiger partial charge on any atom is 0.221 e. The van der Waals surface area contributed by atoms with Gasteiger partial charge in [-0.2, -0.15) is 0 Å². The van der Waals surface area contributed by atoms with Crippen LogP contribution in [0.25, 0.3) is 22.0 Å². The van der Waals surface area contributed by atoms with Crippen molar-refractivity contribution in [1.82, 2.24) is 19.5 Å². The molecule has 1 aliphatic heterocycles. The molecular formula is C28H39N5O3S. The van der Waals surface area contributed by atoms with E-state index in [1.165, 1.54) is 11.1 Å². The normalized spacial score (nSPS) is 15.6. The quantitative estimate of drug-likeness (QED) is 0.356. The first-order valence-electron chi connectivity index (χ1n) is 13.0. The van der Waals surface area contributed by atoms with Crippen LogP contribution >= 0.6 is 0 Å².